The molecule has 2 unspecified atom stereocenters. The van der Waals surface area contributed by atoms with Crippen LogP contribution in [0.25, 0.3) is 0 Å². The molecule has 0 aromatic heterocycles. The number of nitrogens with two attached hydrogens (primary N) is 1. The maximum Gasteiger partial charge on any atom is 0.224 e. The van der Waals surface area contributed by atoms with Gasteiger partial charge in [0.2, 0.25) is 5.91 Å². The van der Waals surface area contributed by atoms with Gasteiger partial charge in [-0.1, -0.05) is 6.92 Å². The van der Waals surface area contributed by atoms with Crippen LogP contribution in [0.15, 0.2) is 29.2 Å². The summed E-state index contributed by atoms with van der Waals surface area (Å²) < 4.78 is 37.3. The van der Waals surface area contributed by atoms with Gasteiger partial charge >= 0.3 is 0 Å². The molecule has 2 rings (SSSR count). The van der Waals surface area contributed by atoms with Gasteiger partial charge in [-0.25, -0.2) is 12.8 Å². The van der Waals surface area contributed by atoms with Crippen LogP contribution in [0, 0.1) is 17.7 Å². The molecule has 1 fully saturated rings. The summed E-state index contributed by atoms with van der Waals surface area (Å²) >= 11 is 0. The Morgan fingerprint density at radius 1 is 1.36 bits per heavy atom. The molecule has 1 saturated carbocycles. The maximum atomic E-state index is 12.9. The number of carbonyl (C=O) groups excluding carboxylic acids is 1. The Kier molecular flexibility index (Phi) is 5.18. The standard InChI is InChI=1S/C15H21FN2O3S/c1-10(15(19)18-14(8-17)11-2-3-11)9-22(20,21)13-6-4-12(16)5-7-13/h4-7,10-11,14H,2-3,8-9,17H2,1H3,(H,18,19). The fraction of sp³-hybridized carbons (Fsp3) is 0.533. The summed E-state index contributed by atoms with van der Waals surface area (Å²) in [6, 6.07) is 4.53. The highest BCUT2D eigenvalue weighted by molar-refractivity contribution is 7.91. The number of hydrogen-bond donors (Lipinski definition) is 2. The summed E-state index contributed by atoms with van der Waals surface area (Å²) in [6.07, 6.45) is 2.09. The molecule has 1 aliphatic carbocycles. The summed E-state index contributed by atoms with van der Waals surface area (Å²) in [5.41, 5.74) is 5.63. The van der Waals surface area contributed by atoms with E-state index < -0.39 is 21.6 Å². The second-order valence-electron chi connectivity index (χ2n) is 5.82. The van der Waals surface area contributed by atoms with E-state index >= 15 is 0 Å². The van der Waals surface area contributed by atoms with E-state index in [0.717, 1.165) is 25.0 Å². The molecule has 0 saturated heterocycles. The van der Waals surface area contributed by atoms with Crippen molar-refractivity contribution in [2.45, 2.75) is 30.7 Å². The highest BCUT2D eigenvalue weighted by Gasteiger charge is 2.33. The van der Waals surface area contributed by atoms with Gasteiger partial charge in [0.1, 0.15) is 5.82 Å². The predicted octanol–water partition coefficient (Wildman–Crippen LogP) is 1.09. The number of benzene rings is 1. The minimum absolute atomic E-state index is 0.0196. The third-order valence-corrected chi connectivity index (χ3v) is 5.79. The van der Waals surface area contributed by atoms with Crippen LogP contribution in [0.4, 0.5) is 4.39 Å². The van der Waals surface area contributed by atoms with E-state index in [9.17, 15) is 17.6 Å². The van der Waals surface area contributed by atoms with Crippen molar-refractivity contribution in [3.05, 3.63) is 30.1 Å². The van der Waals surface area contributed by atoms with Crippen LogP contribution in [0.2, 0.25) is 0 Å². The largest absolute Gasteiger partial charge is 0.352 e. The topological polar surface area (TPSA) is 89.3 Å². The SMILES string of the molecule is CC(CS(=O)(=O)c1ccc(F)cc1)C(=O)NC(CN)C1CC1. The molecule has 3 N–H and O–H groups in total. The maximum absolute atomic E-state index is 12.9. The average molecular weight is 328 g/mol. The molecule has 5 nitrogen and oxygen atoms in total. The van der Waals surface area contributed by atoms with Gasteiger partial charge < -0.3 is 11.1 Å². The fourth-order valence-electron chi connectivity index (χ4n) is 2.34. The second-order valence-corrected chi connectivity index (χ2v) is 7.86. The molecule has 7 heteroatoms. The molecule has 1 aliphatic rings. The van der Waals surface area contributed by atoms with Crippen molar-refractivity contribution in [3.63, 3.8) is 0 Å². The van der Waals surface area contributed by atoms with Crippen LogP contribution < -0.4 is 11.1 Å². The fourth-order valence-corrected chi connectivity index (χ4v) is 3.89. The smallest absolute Gasteiger partial charge is 0.224 e. The molecule has 0 radical (unpaired) electrons. The van der Waals surface area contributed by atoms with Crippen molar-refractivity contribution in [2.24, 2.45) is 17.6 Å². The van der Waals surface area contributed by atoms with E-state index in [4.69, 9.17) is 5.73 Å². The Labute approximate surface area is 130 Å². The number of amides is 1. The van der Waals surface area contributed by atoms with E-state index in [1.54, 1.807) is 6.92 Å². The Hall–Kier alpha value is -1.47. The molecule has 22 heavy (non-hydrogen) atoms. The molecule has 1 amide bonds. The van der Waals surface area contributed by atoms with Crippen LogP contribution in [0.1, 0.15) is 19.8 Å². The first-order valence-electron chi connectivity index (χ1n) is 7.32. The van der Waals surface area contributed by atoms with Gasteiger partial charge in [0.05, 0.1) is 10.6 Å². The van der Waals surface area contributed by atoms with Gasteiger partial charge in [0.25, 0.3) is 0 Å². The van der Waals surface area contributed by atoms with Crippen molar-refractivity contribution < 1.29 is 17.6 Å². The molecule has 0 aliphatic heterocycles. The third-order valence-electron chi connectivity index (χ3n) is 3.86. The van der Waals surface area contributed by atoms with E-state index in [-0.39, 0.29) is 22.6 Å². The number of nitrogens with one attached hydrogen (secondary N) is 1. The van der Waals surface area contributed by atoms with Crippen LogP contribution in [-0.2, 0) is 14.6 Å². The Morgan fingerprint density at radius 2 is 1.95 bits per heavy atom. The van der Waals surface area contributed by atoms with Crippen molar-refractivity contribution in [2.75, 3.05) is 12.3 Å². The van der Waals surface area contributed by atoms with Gasteiger partial charge in [0, 0.05) is 18.5 Å². The molecule has 0 bridgehead atoms. The van der Waals surface area contributed by atoms with Gasteiger partial charge in [-0.3, -0.25) is 4.79 Å². The van der Waals surface area contributed by atoms with Crippen LogP contribution >= 0.6 is 0 Å². The average Bonchev–Trinajstić information content (AvgIpc) is 3.29. The first kappa shape index (κ1) is 16.9. The first-order chi connectivity index (χ1) is 10.3. The van der Waals surface area contributed by atoms with Crippen LogP contribution in [0.5, 0.6) is 0 Å². The van der Waals surface area contributed by atoms with Gasteiger partial charge in [-0.05, 0) is 43.0 Å². The summed E-state index contributed by atoms with van der Waals surface area (Å²) in [6.45, 7) is 1.92. The lowest BCUT2D eigenvalue weighted by molar-refractivity contribution is -0.124. The number of halogens is 1. The van der Waals surface area contributed by atoms with Crippen LogP contribution in [-0.4, -0.2) is 32.7 Å². The molecular weight excluding hydrogens is 307 g/mol. The predicted molar refractivity (Wildman–Crippen MR) is 81.3 cm³/mol. The summed E-state index contributed by atoms with van der Waals surface area (Å²) in [7, 11) is -3.63. The van der Waals surface area contributed by atoms with Gasteiger partial charge in [0.15, 0.2) is 9.84 Å². The summed E-state index contributed by atoms with van der Waals surface area (Å²) in [5.74, 6) is -1.41. The molecule has 1 aromatic carbocycles. The van der Waals surface area contributed by atoms with Crippen molar-refractivity contribution in [1.82, 2.24) is 5.32 Å². The van der Waals surface area contributed by atoms with E-state index in [1.807, 2.05) is 0 Å². The summed E-state index contributed by atoms with van der Waals surface area (Å²) in [4.78, 5) is 12.1. The quantitative estimate of drug-likeness (QED) is 0.733. The molecule has 0 heterocycles. The lowest BCUT2D eigenvalue weighted by atomic mass is 10.1. The monoisotopic (exact) mass is 328 g/mol. The zero-order chi connectivity index (χ0) is 16.3. The van der Waals surface area contributed by atoms with Gasteiger partial charge in [-0.2, -0.15) is 0 Å². The lowest BCUT2D eigenvalue weighted by Gasteiger charge is -2.19. The molecule has 2 atom stereocenters. The van der Waals surface area contributed by atoms with E-state index in [0.29, 0.717) is 12.5 Å². The normalized spacial score (nSPS) is 17.8. The van der Waals surface area contributed by atoms with Crippen LogP contribution in [0.3, 0.4) is 0 Å². The van der Waals surface area contributed by atoms with Crippen molar-refractivity contribution in [1.29, 1.82) is 0 Å². The lowest BCUT2D eigenvalue weighted by Crippen LogP contribution is -2.45. The number of hydrogen-bond acceptors (Lipinski definition) is 4. The highest BCUT2D eigenvalue weighted by Crippen LogP contribution is 2.32. The second kappa shape index (κ2) is 6.75. The minimum Gasteiger partial charge on any atom is -0.352 e. The summed E-state index contributed by atoms with van der Waals surface area (Å²) in [5, 5.41) is 2.82. The highest BCUT2D eigenvalue weighted by atomic mass is 32.2. The van der Waals surface area contributed by atoms with Crippen molar-refractivity contribution >= 4 is 15.7 Å². The molecule has 0 spiro atoms. The third kappa shape index (κ3) is 4.27. The van der Waals surface area contributed by atoms with E-state index in [2.05, 4.69) is 5.32 Å². The number of rotatable bonds is 7. The molecular formula is C15H21FN2O3S. The van der Waals surface area contributed by atoms with Crippen molar-refractivity contribution in [3.8, 4) is 0 Å². The Bertz CT molecular complexity index is 627. The number of carbonyl (C=O) groups is 1. The minimum atomic E-state index is -3.63. The molecule has 1 aromatic rings. The zero-order valence-electron chi connectivity index (χ0n) is 12.5. The zero-order valence-corrected chi connectivity index (χ0v) is 13.3. The molecule has 122 valence electrons. The Balaban J connectivity index is 1.98. The Morgan fingerprint density at radius 3 is 2.45 bits per heavy atom. The van der Waals surface area contributed by atoms with Gasteiger partial charge in [-0.15, -0.1) is 0 Å². The first-order valence-corrected chi connectivity index (χ1v) is 8.97. The van der Waals surface area contributed by atoms with E-state index in [1.165, 1.54) is 12.1 Å². The number of sulfone groups is 1.